The average molecular weight is 534 g/mol. The van der Waals surface area contributed by atoms with Crippen LogP contribution in [-0.2, 0) is 17.4 Å². The molecule has 8 rings (SSSR count). The second-order valence-electron chi connectivity index (χ2n) is 12.7. The fraction of sp³-hybridized carbons (Fsp3) is 0.256. The summed E-state index contributed by atoms with van der Waals surface area (Å²) in [6.07, 6.45) is 5.76. The van der Waals surface area contributed by atoms with Gasteiger partial charge in [-0.15, -0.1) is 0 Å². The van der Waals surface area contributed by atoms with Crippen LogP contribution < -0.4 is 4.57 Å². The Balaban J connectivity index is 1.36. The molecule has 0 fully saturated rings. The molecule has 0 aliphatic carbocycles. The molecular weight excluding hydrogens is 496 g/mol. The van der Waals surface area contributed by atoms with Gasteiger partial charge in [-0.1, -0.05) is 82.3 Å². The molecule has 2 aliphatic rings. The van der Waals surface area contributed by atoms with E-state index in [0.29, 0.717) is 0 Å². The van der Waals surface area contributed by atoms with Gasteiger partial charge in [-0.05, 0) is 71.0 Å². The number of aryl methyl sites for hydroxylation is 1. The summed E-state index contributed by atoms with van der Waals surface area (Å²) in [5.74, 6) is 0. The number of rotatable bonds is 3. The molecule has 0 radical (unpaired) electrons. The van der Waals surface area contributed by atoms with Gasteiger partial charge < -0.3 is 4.57 Å². The predicted molar refractivity (Wildman–Crippen MR) is 171 cm³/mol. The van der Waals surface area contributed by atoms with Crippen LogP contribution in [0.25, 0.3) is 49.9 Å². The van der Waals surface area contributed by atoms with Crippen LogP contribution in [0, 0.1) is 0 Å². The molecule has 0 saturated carbocycles. The summed E-state index contributed by atoms with van der Waals surface area (Å²) in [6, 6.07) is 36.8. The molecule has 0 spiro atoms. The van der Waals surface area contributed by atoms with Gasteiger partial charge in [-0.2, -0.15) is 4.57 Å². The summed E-state index contributed by atoms with van der Waals surface area (Å²) in [6.45, 7) is 10.6. The highest BCUT2D eigenvalue weighted by Crippen LogP contribution is 2.49. The number of benzene rings is 4. The maximum atomic E-state index is 2.51. The minimum atomic E-state index is -0.108. The molecule has 4 aromatic carbocycles. The SMILES string of the molecule is CCC1(CC)CC[n+]2ccccc2-c2cc(-c3ccc4c(c3)C(C)(C)c3cccc5c6ccccc6n-4c35)ccc21. The second kappa shape index (κ2) is 8.66. The summed E-state index contributed by atoms with van der Waals surface area (Å²) in [4.78, 5) is 0. The van der Waals surface area contributed by atoms with Crippen molar-refractivity contribution >= 4 is 21.8 Å². The number of para-hydroxylation sites is 2. The van der Waals surface area contributed by atoms with Crippen molar-refractivity contribution in [2.75, 3.05) is 0 Å². The molecule has 2 heteroatoms. The molecule has 6 aromatic rings. The first-order chi connectivity index (χ1) is 20.0. The molecule has 2 nitrogen and oxygen atoms in total. The van der Waals surface area contributed by atoms with Gasteiger partial charge in [0.2, 0.25) is 5.69 Å². The van der Waals surface area contributed by atoms with Crippen molar-refractivity contribution in [3.63, 3.8) is 0 Å². The third-order valence-electron chi connectivity index (χ3n) is 10.6. The molecule has 2 aromatic heterocycles. The van der Waals surface area contributed by atoms with Crippen molar-refractivity contribution in [3.05, 3.63) is 120 Å². The number of fused-ring (bicyclic) bond motifs is 8. The fourth-order valence-corrected chi connectivity index (χ4v) is 8.10. The largest absolute Gasteiger partial charge is 0.309 e. The second-order valence-corrected chi connectivity index (χ2v) is 12.7. The monoisotopic (exact) mass is 533 g/mol. The lowest BCUT2D eigenvalue weighted by Crippen LogP contribution is -2.36. The summed E-state index contributed by atoms with van der Waals surface area (Å²) in [5, 5.41) is 2.67. The number of nitrogens with zero attached hydrogens (tertiary/aromatic N) is 2. The van der Waals surface area contributed by atoms with Crippen LogP contribution in [0.2, 0.25) is 0 Å². The number of hydrogen-bond donors (Lipinski definition) is 0. The normalized spacial score (nSPS) is 16.2. The number of hydrogen-bond acceptors (Lipinski definition) is 0. The minimum Gasteiger partial charge on any atom is -0.309 e. The van der Waals surface area contributed by atoms with Crippen molar-refractivity contribution in [1.82, 2.24) is 4.57 Å². The Morgan fingerprint density at radius 3 is 2.32 bits per heavy atom. The highest BCUT2D eigenvalue weighted by atomic mass is 15.0. The Hall–Kier alpha value is -4.17. The van der Waals surface area contributed by atoms with E-state index in [1.54, 1.807) is 0 Å². The molecular formula is C39H37N2+. The molecule has 4 heterocycles. The fourth-order valence-electron chi connectivity index (χ4n) is 8.10. The molecule has 41 heavy (non-hydrogen) atoms. The Kier molecular flexibility index (Phi) is 5.20. The molecule has 0 amide bonds. The highest BCUT2D eigenvalue weighted by Gasteiger charge is 2.38. The lowest BCUT2D eigenvalue weighted by Gasteiger charge is -2.35. The summed E-state index contributed by atoms with van der Waals surface area (Å²) < 4.78 is 4.97. The molecule has 0 unspecified atom stereocenters. The van der Waals surface area contributed by atoms with Gasteiger partial charge in [0.1, 0.15) is 6.54 Å². The average Bonchev–Trinajstić information content (AvgIpc) is 3.28. The van der Waals surface area contributed by atoms with Crippen LogP contribution in [0.15, 0.2) is 103 Å². The van der Waals surface area contributed by atoms with Gasteiger partial charge in [0.15, 0.2) is 6.20 Å². The maximum absolute atomic E-state index is 2.51. The van der Waals surface area contributed by atoms with E-state index in [-0.39, 0.29) is 10.8 Å². The van der Waals surface area contributed by atoms with Crippen LogP contribution in [0.1, 0.15) is 63.6 Å². The predicted octanol–water partition coefficient (Wildman–Crippen LogP) is 9.51. The van der Waals surface area contributed by atoms with Gasteiger partial charge in [-0.3, -0.25) is 0 Å². The van der Waals surface area contributed by atoms with Crippen LogP contribution in [0.5, 0.6) is 0 Å². The van der Waals surface area contributed by atoms with Crippen LogP contribution in [-0.4, -0.2) is 4.57 Å². The Labute approximate surface area is 242 Å². The molecule has 0 bridgehead atoms. The molecule has 202 valence electrons. The quantitative estimate of drug-likeness (QED) is 0.200. The first kappa shape index (κ1) is 24.6. The van der Waals surface area contributed by atoms with E-state index in [1.165, 1.54) is 73.0 Å². The van der Waals surface area contributed by atoms with E-state index in [1.807, 2.05) is 0 Å². The van der Waals surface area contributed by atoms with E-state index >= 15 is 0 Å². The zero-order chi connectivity index (χ0) is 27.9. The minimum absolute atomic E-state index is 0.108. The van der Waals surface area contributed by atoms with E-state index in [4.69, 9.17) is 0 Å². The van der Waals surface area contributed by atoms with Crippen molar-refractivity contribution in [3.8, 4) is 28.1 Å². The standard InChI is InChI=1S/C39H37N2/c1-5-39(6-2)21-23-40-22-10-9-15-34(40)30-24-26(17-19-31(30)39)27-18-20-36-33(25-27)38(3,4)32-14-11-13-29-28-12-7-8-16-35(28)41(36)37(29)32/h7-20,22,24-25H,5-6,21,23H2,1-4H3/q+1. The van der Waals surface area contributed by atoms with Crippen LogP contribution in [0.3, 0.4) is 0 Å². The van der Waals surface area contributed by atoms with E-state index in [0.717, 1.165) is 19.4 Å². The smallest absolute Gasteiger partial charge is 0.212 e. The van der Waals surface area contributed by atoms with Crippen molar-refractivity contribution in [2.24, 2.45) is 0 Å². The van der Waals surface area contributed by atoms with Gasteiger partial charge in [0.25, 0.3) is 0 Å². The van der Waals surface area contributed by atoms with Crippen LogP contribution in [0.4, 0.5) is 0 Å². The van der Waals surface area contributed by atoms with Crippen molar-refractivity contribution < 1.29 is 4.57 Å². The molecule has 2 aliphatic heterocycles. The third kappa shape index (κ3) is 3.28. The zero-order valence-corrected chi connectivity index (χ0v) is 24.5. The van der Waals surface area contributed by atoms with Gasteiger partial charge in [-0.25, -0.2) is 0 Å². The molecule has 0 atom stereocenters. The summed E-state index contributed by atoms with van der Waals surface area (Å²) in [7, 11) is 0. The number of aromatic nitrogens is 2. The number of pyridine rings is 1. The first-order valence-electron chi connectivity index (χ1n) is 15.3. The Bertz CT molecular complexity index is 2000. The van der Waals surface area contributed by atoms with Gasteiger partial charge in [0.05, 0.1) is 22.3 Å². The maximum Gasteiger partial charge on any atom is 0.212 e. The van der Waals surface area contributed by atoms with Crippen molar-refractivity contribution in [1.29, 1.82) is 0 Å². The summed E-state index contributed by atoms with van der Waals surface area (Å²) >= 11 is 0. The Morgan fingerprint density at radius 2 is 1.46 bits per heavy atom. The lowest BCUT2D eigenvalue weighted by molar-refractivity contribution is -0.687. The third-order valence-corrected chi connectivity index (χ3v) is 10.6. The van der Waals surface area contributed by atoms with Crippen LogP contribution >= 0.6 is 0 Å². The summed E-state index contributed by atoms with van der Waals surface area (Å²) in [5.41, 5.74) is 13.7. The first-order valence-corrected chi connectivity index (χ1v) is 15.3. The van der Waals surface area contributed by atoms with E-state index in [9.17, 15) is 0 Å². The van der Waals surface area contributed by atoms with Gasteiger partial charge in [0, 0.05) is 40.2 Å². The Morgan fingerprint density at radius 1 is 0.707 bits per heavy atom. The molecule has 0 saturated heterocycles. The highest BCUT2D eigenvalue weighted by molar-refractivity contribution is 6.11. The lowest BCUT2D eigenvalue weighted by atomic mass is 9.71. The van der Waals surface area contributed by atoms with Gasteiger partial charge >= 0.3 is 0 Å². The molecule has 0 N–H and O–H groups in total. The van der Waals surface area contributed by atoms with Crippen molar-refractivity contribution in [2.45, 2.75) is 64.3 Å². The zero-order valence-electron chi connectivity index (χ0n) is 24.5. The van der Waals surface area contributed by atoms with E-state index < -0.39 is 0 Å². The van der Waals surface area contributed by atoms with E-state index in [2.05, 4.69) is 140 Å². The topological polar surface area (TPSA) is 8.81 Å².